The molecule has 0 unspecified atom stereocenters. The number of amides is 1. The third-order valence-corrected chi connectivity index (χ3v) is 6.25. The van der Waals surface area contributed by atoms with Gasteiger partial charge < -0.3 is 5.73 Å². The van der Waals surface area contributed by atoms with Gasteiger partial charge in [-0.2, -0.15) is 0 Å². The molecule has 128 valence electrons. The summed E-state index contributed by atoms with van der Waals surface area (Å²) in [5.41, 5.74) is 5.18. The van der Waals surface area contributed by atoms with E-state index in [1.807, 2.05) is 0 Å². The molecule has 0 aliphatic carbocycles. The molecule has 1 amide bonds. The smallest absolute Gasteiger partial charge is 0.266 e. The third kappa shape index (κ3) is 3.90. The first-order valence-electron chi connectivity index (χ1n) is 6.34. The van der Waals surface area contributed by atoms with Gasteiger partial charge in [0.2, 0.25) is 5.91 Å². The highest BCUT2D eigenvalue weighted by Crippen LogP contribution is 2.37. The number of carbonyl (C=O) groups is 1. The number of nitrogens with zero attached hydrogens (tertiary/aromatic N) is 1. The van der Waals surface area contributed by atoms with Crippen LogP contribution in [0.4, 0.5) is 5.69 Å². The molecule has 0 atom stereocenters. The maximum absolute atomic E-state index is 13.0. The van der Waals surface area contributed by atoms with E-state index in [-0.39, 0.29) is 30.7 Å². The molecule has 2 aromatic carbocycles. The lowest BCUT2D eigenvalue weighted by atomic mass is 10.3. The quantitative estimate of drug-likeness (QED) is 0.783. The Hall–Kier alpha value is -1.18. The Labute approximate surface area is 158 Å². The van der Waals surface area contributed by atoms with Gasteiger partial charge in [0.1, 0.15) is 11.4 Å². The Morgan fingerprint density at radius 2 is 1.71 bits per heavy atom. The number of hydrogen-bond donors (Lipinski definition) is 1. The van der Waals surface area contributed by atoms with Crippen LogP contribution in [-0.2, 0) is 14.8 Å². The van der Waals surface area contributed by atoms with E-state index in [1.54, 1.807) is 0 Å². The molecule has 0 aliphatic heterocycles. The van der Waals surface area contributed by atoms with Gasteiger partial charge in [0.25, 0.3) is 10.0 Å². The average molecular weight is 428 g/mol. The molecule has 0 fully saturated rings. The summed E-state index contributed by atoms with van der Waals surface area (Å²) in [5.74, 6) is -0.882. The average Bonchev–Trinajstić information content (AvgIpc) is 2.50. The van der Waals surface area contributed by atoms with Crippen molar-refractivity contribution in [2.24, 2.45) is 5.73 Å². The summed E-state index contributed by atoms with van der Waals surface area (Å²) in [6.45, 7) is -0.648. The summed E-state index contributed by atoms with van der Waals surface area (Å²) >= 11 is 23.9. The van der Waals surface area contributed by atoms with E-state index in [2.05, 4.69) is 0 Å². The van der Waals surface area contributed by atoms with Gasteiger partial charge in [-0.3, -0.25) is 9.10 Å². The standard InChI is InChI=1S/C14H10Cl4N2O3S/c15-8-4-5-9(16)12(6-8)24(22,23)20(7-13(19)21)11-3-1-2-10(17)14(11)18/h1-6H,7H2,(H2,19,21). The number of primary amides is 1. The van der Waals surface area contributed by atoms with E-state index in [4.69, 9.17) is 52.1 Å². The lowest BCUT2D eigenvalue weighted by Gasteiger charge is -2.25. The van der Waals surface area contributed by atoms with Crippen molar-refractivity contribution in [2.45, 2.75) is 4.90 Å². The Morgan fingerprint density at radius 3 is 2.33 bits per heavy atom. The maximum Gasteiger partial charge on any atom is 0.266 e. The minimum absolute atomic E-state index is 0.000918. The molecule has 0 heterocycles. The topological polar surface area (TPSA) is 80.5 Å². The Kier molecular flexibility index (Phi) is 5.88. The predicted octanol–water partition coefficient (Wildman–Crippen LogP) is 3.98. The second-order valence-electron chi connectivity index (χ2n) is 4.63. The van der Waals surface area contributed by atoms with Crippen molar-refractivity contribution in [1.82, 2.24) is 0 Å². The van der Waals surface area contributed by atoms with Crippen molar-refractivity contribution < 1.29 is 13.2 Å². The molecule has 0 spiro atoms. The first kappa shape index (κ1) is 19.1. The van der Waals surface area contributed by atoms with Crippen molar-refractivity contribution in [3.05, 3.63) is 56.5 Å². The molecule has 2 rings (SSSR count). The van der Waals surface area contributed by atoms with Gasteiger partial charge in [0.05, 0.1) is 20.8 Å². The zero-order valence-electron chi connectivity index (χ0n) is 11.8. The summed E-state index contributed by atoms with van der Waals surface area (Å²) in [7, 11) is -4.27. The molecule has 0 radical (unpaired) electrons. The first-order chi connectivity index (χ1) is 11.1. The van der Waals surface area contributed by atoms with Crippen LogP contribution in [0.3, 0.4) is 0 Å². The van der Waals surface area contributed by atoms with Crippen LogP contribution in [0, 0.1) is 0 Å². The molecule has 0 saturated carbocycles. The normalized spacial score (nSPS) is 11.3. The van der Waals surface area contributed by atoms with Crippen LogP contribution in [0.15, 0.2) is 41.3 Å². The van der Waals surface area contributed by atoms with Gasteiger partial charge in [-0.1, -0.05) is 52.5 Å². The molecule has 5 nitrogen and oxygen atoms in total. The number of sulfonamides is 1. The fourth-order valence-corrected chi connectivity index (χ4v) is 4.55. The number of nitrogens with two attached hydrogens (primary N) is 1. The van der Waals surface area contributed by atoms with Crippen molar-refractivity contribution in [1.29, 1.82) is 0 Å². The number of halogens is 4. The summed E-state index contributed by atoms with van der Waals surface area (Å²) in [6, 6.07) is 8.31. The summed E-state index contributed by atoms with van der Waals surface area (Å²) in [6.07, 6.45) is 0. The van der Waals surface area contributed by atoms with Crippen LogP contribution in [0.1, 0.15) is 0 Å². The number of anilines is 1. The second kappa shape index (κ2) is 7.37. The van der Waals surface area contributed by atoms with Crippen LogP contribution < -0.4 is 10.0 Å². The third-order valence-electron chi connectivity index (χ3n) is 2.96. The maximum atomic E-state index is 13.0. The van der Waals surface area contributed by atoms with Gasteiger partial charge in [-0.25, -0.2) is 8.42 Å². The van der Waals surface area contributed by atoms with E-state index >= 15 is 0 Å². The molecule has 0 saturated heterocycles. The Morgan fingerprint density at radius 1 is 1.04 bits per heavy atom. The summed E-state index contributed by atoms with van der Waals surface area (Å²) < 4.78 is 26.7. The van der Waals surface area contributed by atoms with Crippen LogP contribution in [0.2, 0.25) is 20.1 Å². The van der Waals surface area contributed by atoms with Crippen molar-refractivity contribution in [2.75, 3.05) is 10.8 Å². The van der Waals surface area contributed by atoms with Gasteiger partial charge in [0.15, 0.2) is 0 Å². The molecule has 0 bridgehead atoms. The van der Waals surface area contributed by atoms with Crippen LogP contribution in [-0.4, -0.2) is 20.9 Å². The molecule has 2 N–H and O–H groups in total. The monoisotopic (exact) mass is 426 g/mol. The second-order valence-corrected chi connectivity index (χ2v) is 8.09. The van der Waals surface area contributed by atoms with Crippen molar-refractivity contribution in [3.8, 4) is 0 Å². The lowest BCUT2D eigenvalue weighted by Crippen LogP contribution is -2.38. The van der Waals surface area contributed by atoms with E-state index in [9.17, 15) is 13.2 Å². The zero-order chi connectivity index (χ0) is 18.1. The van der Waals surface area contributed by atoms with Gasteiger partial charge in [0, 0.05) is 5.02 Å². The Balaban J connectivity index is 2.69. The highest BCUT2D eigenvalue weighted by atomic mass is 35.5. The molecule has 10 heteroatoms. The molecular weight excluding hydrogens is 418 g/mol. The first-order valence-corrected chi connectivity index (χ1v) is 9.30. The van der Waals surface area contributed by atoms with Crippen molar-refractivity contribution in [3.63, 3.8) is 0 Å². The predicted molar refractivity (Wildman–Crippen MR) is 96.7 cm³/mol. The van der Waals surface area contributed by atoms with E-state index in [1.165, 1.54) is 36.4 Å². The summed E-state index contributed by atoms with van der Waals surface area (Å²) in [4.78, 5) is 11.1. The van der Waals surface area contributed by atoms with Gasteiger partial charge in [-0.15, -0.1) is 0 Å². The lowest BCUT2D eigenvalue weighted by molar-refractivity contribution is -0.116. The van der Waals surface area contributed by atoms with Gasteiger partial charge in [-0.05, 0) is 30.3 Å². The fourth-order valence-electron chi connectivity index (χ4n) is 1.92. The molecule has 0 aliphatic rings. The van der Waals surface area contributed by atoms with E-state index < -0.39 is 22.5 Å². The van der Waals surface area contributed by atoms with Crippen molar-refractivity contribution >= 4 is 68.0 Å². The highest BCUT2D eigenvalue weighted by Gasteiger charge is 2.30. The minimum Gasteiger partial charge on any atom is -0.368 e. The summed E-state index contributed by atoms with van der Waals surface area (Å²) in [5, 5.41) is 0.180. The fraction of sp³-hybridized carbons (Fsp3) is 0.0714. The number of carbonyl (C=O) groups excluding carboxylic acids is 1. The largest absolute Gasteiger partial charge is 0.368 e. The van der Waals surface area contributed by atoms with Crippen LogP contribution in [0.25, 0.3) is 0 Å². The highest BCUT2D eigenvalue weighted by molar-refractivity contribution is 7.93. The minimum atomic E-state index is -4.27. The molecule has 0 aromatic heterocycles. The van der Waals surface area contributed by atoms with Crippen LogP contribution in [0.5, 0.6) is 0 Å². The number of benzene rings is 2. The number of hydrogen-bond acceptors (Lipinski definition) is 3. The molecular formula is C14H10Cl4N2O3S. The Bertz CT molecular complexity index is 903. The van der Waals surface area contributed by atoms with Gasteiger partial charge >= 0.3 is 0 Å². The molecule has 24 heavy (non-hydrogen) atoms. The van der Waals surface area contributed by atoms with Crippen LogP contribution >= 0.6 is 46.4 Å². The zero-order valence-corrected chi connectivity index (χ0v) is 15.7. The number of rotatable bonds is 5. The SMILES string of the molecule is NC(=O)CN(c1cccc(Cl)c1Cl)S(=O)(=O)c1cc(Cl)ccc1Cl. The molecule has 2 aromatic rings. The van der Waals surface area contributed by atoms with E-state index in [0.717, 1.165) is 4.31 Å². The van der Waals surface area contributed by atoms with E-state index in [0.29, 0.717) is 0 Å².